The standard InChI is InChI=1S/C16H21N3O2/c1-10(2)11-3-5-12(6-4-11)15-18-16(21-19-15)13-9-20-8-7-14(13)17/h3-6,10,13-14H,7-9,17H2,1-2H3. The van der Waals surface area contributed by atoms with Crippen LogP contribution in [-0.4, -0.2) is 29.4 Å². The van der Waals surface area contributed by atoms with Gasteiger partial charge in [-0.2, -0.15) is 4.98 Å². The molecule has 0 amide bonds. The van der Waals surface area contributed by atoms with Crippen LogP contribution >= 0.6 is 0 Å². The average Bonchev–Trinajstić information content (AvgIpc) is 2.97. The van der Waals surface area contributed by atoms with Crippen molar-refractivity contribution < 1.29 is 9.26 Å². The van der Waals surface area contributed by atoms with Crippen molar-refractivity contribution in [1.82, 2.24) is 10.1 Å². The summed E-state index contributed by atoms with van der Waals surface area (Å²) in [4.78, 5) is 4.49. The van der Waals surface area contributed by atoms with Crippen LogP contribution in [0.2, 0.25) is 0 Å². The van der Waals surface area contributed by atoms with Gasteiger partial charge in [0, 0.05) is 18.2 Å². The summed E-state index contributed by atoms with van der Waals surface area (Å²) in [5, 5.41) is 4.07. The number of hydrogen-bond acceptors (Lipinski definition) is 5. The Hall–Kier alpha value is -1.72. The highest BCUT2D eigenvalue weighted by Crippen LogP contribution is 2.26. The highest BCUT2D eigenvalue weighted by atomic mass is 16.5. The first-order chi connectivity index (χ1) is 10.1. The summed E-state index contributed by atoms with van der Waals surface area (Å²) in [5.74, 6) is 1.69. The lowest BCUT2D eigenvalue weighted by molar-refractivity contribution is 0.0590. The Labute approximate surface area is 124 Å². The summed E-state index contributed by atoms with van der Waals surface area (Å²) in [6.45, 7) is 5.60. The van der Waals surface area contributed by atoms with E-state index in [-0.39, 0.29) is 12.0 Å². The summed E-state index contributed by atoms with van der Waals surface area (Å²) in [6, 6.07) is 8.29. The molecule has 1 aromatic carbocycles. The molecule has 2 unspecified atom stereocenters. The second-order valence-corrected chi connectivity index (χ2v) is 5.87. The maximum absolute atomic E-state index is 6.10. The molecule has 5 nitrogen and oxygen atoms in total. The van der Waals surface area contributed by atoms with Gasteiger partial charge in [-0.1, -0.05) is 43.3 Å². The molecule has 1 aliphatic heterocycles. The Morgan fingerprint density at radius 1 is 1.24 bits per heavy atom. The lowest BCUT2D eigenvalue weighted by Gasteiger charge is -2.25. The van der Waals surface area contributed by atoms with Crippen LogP contribution in [0.3, 0.4) is 0 Å². The normalized spacial score (nSPS) is 22.7. The van der Waals surface area contributed by atoms with E-state index in [1.807, 2.05) is 12.1 Å². The van der Waals surface area contributed by atoms with Crippen LogP contribution < -0.4 is 5.73 Å². The lowest BCUT2D eigenvalue weighted by Crippen LogP contribution is -2.37. The van der Waals surface area contributed by atoms with Crippen LogP contribution in [0, 0.1) is 0 Å². The van der Waals surface area contributed by atoms with Gasteiger partial charge < -0.3 is 15.0 Å². The highest BCUT2D eigenvalue weighted by molar-refractivity contribution is 5.54. The van der Waals surface area contributed by atoms with E-state index in [0.717, 1.165) is 12.0 Å². The third-order valence-electron chi connectivity index (χ3n) is 4.00. The van der Waals surface area contributed by atoms with E-state index in [1.165, 1.54) is 5.56 Å². The van der Waals surface area contributed by atoms with Crippen LogP contribution in [0.15, 0.2) is 28.8 Å². The fraction of sp³-hybridized carbons (Fsp3) is 0.500. The number of aromatic nitrogens is 2. The van der Waals surface area contributed by atoms with Gasteiger partial charge in [0.2, 0.25) is 11.7 Å². The van der Waals surface area contributed by atoms with Crippen molar-refractivity contribution in [3.8, 4) is 11.4 Å². The SMILES string of the molecule is CC(C)c1ccc(-c2noc(C3COCCC3N)n2)cc1. The number of nitrogens with two attached hydrogens (primary N) is 1. The fourth-order valence-electron chi connectivity index (χ4n) is 2.53. The minimum atomic E-state index is -0.00469. The van der Waals surface area contributed by atoms with Gasteiger partial charge in [0.25, 0.3) is 0 Å². The zero-order valence-corrected chi connectivity index (χ0v) is 12.5. The molecule has 2 aromatic rings. The summed E-state index contributed by atoms with van der Waals surface area (Å²) in [5.41, 5.74) is 8.36. The van der Waals surface area contributed by atoms with Gasteiger partial charge in [0.15, 0.2) is 0 Å². The molecule has 0 bridgehead atoms. The van der Waals surface area contributed by atoms with Gasteiger partial charge in [0.05, 0.1) is 12.5 Å². The summed E-state index contributed by atoms with van der Waals surface area (Å²) in [7, 11) is 0. The van der Waals surface area contributed by atoms with Crippen molar-refractivity contribution in [3.63, 3.8) is 0 Å². The van der Waals surface area contributed by atoms with Crippen LogP contribution in [0.5, 0.6) is 0 Å². The first-order valence-electron chi connectivity index (χ1n) is 7.42. The molecular formula is C16H21N3O2. The third-order valence-corrected chi connectivity index (χ3v) is 4.00. The van der Waals surface area contributed by atoms with Crippen molar-refractivity contribution >= 4 is 0 Å². The van der Waals surface area contributed by atoms with Crippen molar-refractivity contribution in [1.29, 1.82) is 0 Å². The quantitative estimate of drug-likeness (QED) is 0.939. The topological polar surface area (TPSA) is 74.2 Å². The highest BCUT2D eigenvalue weighted by Gasteiger charge is 2.29. The molecule has 2 atom stereocenters. The molecule has 2 N–H and O–H groups in total. The lowest BCUT2D eigenvalue weighted by atomic mass is 9.97. The number of nitrogens with zero attached hydrogens (tertiary/aromatic N) is 2. The molecule has 2 heterocycles. The Morgan fingerprint density at radius 3 is 2.67 bits per heavy atom. The summed E-state index contributed by atoms with van der Waals surface area (Å²) in [6.07, 6.45) is 0.825. The first kappa shape index (κ1) is 14.2. The number of rotatable bonds is 3. The predicted octanol–water partition coefficient (Wildman–Crippen LogP) is 2.69. The van der Waals surface area contributed by atoms with Gasteiger partial charge in [-0.15, -0.1) is 0 Å². The van der Waals surface area contributed by atoms with E-state index < -0.39 is 0 Å². The molecule has 5 heteroatoms. The molecule has 0 spiro atoms. The Morgan fingerprint density at radius 2 is 2.00 bits per heavy atom. The van der Waals surface area contributed by atoms with E-state index in [2.05, 4.69) is 36.1 Å². The molecule has 0 saturated carbocycles. The smallest absolute Gasteiger partial charge is 0.233 e. The molecule has 1 saturated heterocycles. The molecule has 112 valence electrons. The molecule has 21 heavy (non-hydrogen) atoms. The van der Waals surface area contributed by atoms with E-state index in [9.17, 15) is 0 Å². The molecular weight excluding hydrogens is 266 g/mol. The molecule has 1 fully saturated rings. The van der Waals surface area contributed by atoms with Crippen LogP contribution in [0.1, 0.15) is 43.6 Å². The fourth-order valence-corrected chi connectivity index (χ4v) is 2.53. The predicted molar refractivity (Wildman–Crippen MR) is 80.0 cm³/mol. The van der Waals surface area contributed by atoms with Gasteiger partial charge in [-0.25, -0.2) is 0 Å². The van der Waals surface area contributed by atoms with Crippen molar-refractivity contribution in [2.75, 3.05) is 13.2 Å². The van der Waals surface area contributed by atoms with E-state index >= 15 is 0 Å². The van der Waals surface area contributed by atoms with Gasteiger partial charge in [-0.3, -0.25) is 0 Å². The zero-order valence-electron chi connectivity index (χ0n) is 12.5. The molecule has 3 rings (SSSR count). The van der Waals surface area contributed by atoms with E-state index in [1.54, 1.807) is 0 Å². The molecule has 0 aliphatic carbocycles. The van der Waals surface area contributed by atoms with Crippen LogP contribution in [0.4, 0.5) is 0 Å². The van der Waals surface area contributed by atoms with Gasteiger partial charge in [0.1, 0.15) is 0 Å². The zero-order chi connectivity index (χ0) is 14.8. The van der Waals surface area contributed by atoms with Crippen LogP contribution in [-0.2, 0) is 4.74 Å². The Kier molecular flexibility index (Phi) is 4.03. The van der Waals surface area contributed by atoms with Crippen molar-refractivity contribution in [2.45, 2.75) is 38.1 Å². The van der Waals surface area contributed by atoms with Crippen molar-refractivity contribution in [3.05, 3.63) is 35.7 Å². The van der Waals surface area contributed by atoms with Crippen LogP contribution in [0.25, 0.3) is 11.4 Å². The van der Waals surface area contributed by atoms with Crippen molar-refractivity contribution in [2.24, 2.45) is 5.73 Å². The molecule has 0 radical (unpaired) electrons. The van der Waals surface area contributed by atoms with E-state index in [0.29, 0.717) is 30.8 Å². The second kappa shape index (κ2) is 5.95. The summed E-state index contributed by atoms with van der Waals surface area (Å²) >= 11 is 0. The number of benzene rings is 1. The Balaban J connectivity index is 1.81. The molecule has 1 aliphatic rings. The largest absolute Gasteiger partial charge is 0.381 e. The van der Waals surface area contributed by atoms with Gasteiger partial charge >= 0.3 is 0 Å². The molecule has 1 aromatic heterocycles. The summed E-state index contributed by atoms with van der Waals surface area (Å²) < 4.78 is 10.8. The number of ether oxygens (including phenoxy) is 1. The average molecular weight is 287 g/mol. The maximum atomic E-state index is 6.10. The Bertz CT molecular complexity index is 592. The first-order valence-corrected chi connectivity index (χ1v) is 7.42. The minimum Gasteiger partial charge on any atom is -0.381 e. The third kappa shape index (κ3) is 2.99. The monoisotopic (exact) mass is 287 g/mol. The van der Waals surface area contributed by atoms with Gasteiger partial charge in [-0.05, 0) is 17.9 Å². The second-order valence-electron chi connectivity index (χ2n) is 5.87. The van der Waals surface area contributed by atoms with E-state index in [4.69, 9.17) is 15.0 Å². The minimum absolute atomic E-state index is 0.00469. The maximum Gasteiger partial charge on any atom is 0.233 e. The number of hydrogen-bond donors (Lipinski definition) is 1.